The van der Waals surface area contributed by atoms with Crippen molar-refractivity contribution in [1.29, 1.82) is 0 Å². The molecule has 0 radical (unpaired) electrons. The molecule has 0 saturated carbocycles. The first kappa shape index (κ1) is 18.5. The minimum atomic E-state index is 0.210. The van der Waals surface area contributed by atoms with Crippen LogP contribution >= 0.6 is 0 Å². The lowest BCUT2D eigenvalue weighted by Gasteiger charge is -2.17. The van der Waals surface area contributed by atoms with Gasteiger partial charge in [0, 0.05) is 26.3 Å². The van der Waals surface area contributed by atoms with Crippen LogP contribution in [-0.4, -0.2) is 38.9 Å². The maximum absolute atomic E-state index is 5.51. The first-order valence-electron chi connectivity index (χ1n) is 7.89. The van der Waals surface area contributed by atoms with E-state index in [-0.39, 0.29) is 6.04 Å². The van der Waals surface area contributed by atoms with E-state index in [9.17, 15) is 0 Å². The summed E-state index contributed by atoms with van der Waals surface area (Å²) in [7, 11) is 1.70. The lowest BCUT2D eigenvalue weighted by atomic mass is 10.1. The molecule has 0 saturated heterocycles. The van der Waals surface area contributed by atoms with Crippen molar-refractivity contribution in [1.82, 2.24) is 10.6 Å². The van der Waals surface area contributed by atoms with Crippen molar-refractivity contribution in [3.05, 3.63) is 35.4 Å². The second-order valence-corrected chi connectivity index (χ2v) is 5.10. The average Bonchev–Trinajstić information content (AvgIpc) is 2.52. The summed E-state index contributed by atoms with van der Waals surface area (Å²) < 4.78 is 10.7. The molecule has 1 unspecified atom stereocenters. The molecule has 0 aliphatic heterocycles. The van der Waals surface area contributed by atoms with E-state index in [1.54, 1.807) is 7.11 Å². The number of nitrogens with zero attached hydrogens (tertiary/aromatic N) is 1. The molecular formula is C17H29N3O2. The molecule has 0 heterocycles. The molecule has 5 heteroatoms. The number of guanidine groups is 1. The van der Waals surface area contributed by atoms with Gasteiger partial charge in [0.25, 0.3) is 0 Å². The summed E-state index contributed by atoms with van der Waals surface area (Å²) in [5, 5.41) is 6.59. The Morgan fingerprint density at radius 3 is 2.59 bits per heavy atom. The highest BCUT2D eigenvalue weighted by atomic mass is 16.5. The molecule has 1 aromatic carbocycles. The third kappa shape index (κ3) is 6.91. The van der Waals surface area contributed by atoms with E-state index < -0.39 is 0 Å². The number of methoxy groups -OCH3 is 1. The molecule has 0 spiro atoms. The Kier molecular flexibility index (Phi) is 9.26. The van der Waals surface area contributed by atoms with E-state index in [4.69, 9.17) is 9.47 Å². The van der Waals surface area contributed by atoms with Crippen molar-refractivity contribution < 1.29 is 9.47 Å². The van der Waals surface area contributed by atoms with Crippen LogP contribution in [0.2, 0.25) is 0 Å². The molecule has 2 N–H and O–H groups in total. The molecule has 22 heavy (non-hydrogen) atoms. The number of ether oxygens (including phenoxy) is 2. The van der Waals surface area contributed by atoms with Gasteiger partial charge in [-0.1, -0.05) is 24.3 Å². The molecule has 0 amide bonds. The summed E-state index contributed by atoms with van der Waals surface area (Å²) in [5.74, 6) is 0.804. The highest BCUT2D eigenvalue weighted by Gasteiger charge is 2.06. The number of nitrogens with one attached hydrogen (secondary N) is 2. The molecule has 1 aromatic rings. The Labute approximate surface area is 134 Å². The van der Waals surface area contributed by atoms with Gasteiger partial charge in [0.15, 0.2) is 5.96 Å². The van der Waals surface area contributed by atoms with Gasteiger partial charge in [-0.25, -0.2) is 4.99 Å². The summed E-state index contributed by atoms with van der Waals surface area (Å²) in [4.78, 5) is 4.66. The van der Waals surface area contributed by atoms with Gasteiger partial charge < -0.3 is 20.1 Å². The fourth-order valence-corrected chi connectivity index (χ4v) is 2.07. The summed E-state index contributed by atoms with van der Waals surface area (Å²) in [6, 6.07) is 8.47. The lowest BCUT2D eigenvalue weighted by Crippen LogP contribution is -2.43. The van der Waals surface area contributed by atoms with E-state index in [1.807, 2.05) is 19.1 Å². The van der Waals surface area contributed by atoms with Gasteiger partial charge in [-0.3, -0.25) is 0 Å². The Hall–Kier alpha value is -1.59. The van der Waals surface area contributed by atoms with Gasteiger partial charge in [0.1, 0.15) is 0 Å². The Morgan fingerprint density at radius 1 is 1.23 bits per heavy atom. The maximum Gasteiger partial charge on any atom is 0.191 e. The van der Waals surface area contributed by atoms with Crippen LogP contribution in [0.25, 0.3) is 0 Å². The maximum atomic E-state index is 5.51. The zero-order valence-corrected chi connectivity index (χ0v) is 14.2. The van der Waals surface area contributed by atoms with Crippen molar-refractivity contribution in [3.63, 3.8) is 0 Å². The molecule has 124 valence electrons. The van der Waals surface area contributed by atoms with Crippen LogP contribution in [0.5, 0.6) is 0 Å². The van der Waals surface area contributed by atoms with Crippen molar-refractivity contribution in [2.45, 2.75) is 40.0 Å². The number of rotatable bonds is 9. The van der Waals surface area contributed by atoms with Gasteiger partial charge in [0.05, 0.1) is 19.8 Å². The van der Waals surface area contributed by atoms with E-state index in [2.05, 4.69) is 41.6 Å². The van der Waals surface area contributed by atoms with Crippen LogP contribution in [0.4, 0.5) is 0 Å². The van der Waals surface area contributed by atoms with Gasteiger partial charge in [-0.05, 0) is 31.9 Å². The number of hydrogen-bond donors (Lipinski definition) is 2. The molecule has 5 nitrogen and oxygen atoms in total. The summed E-state index contributed by atoms with van der Waals surface area (Å²) >= 11 is 0. The van der Waals surface area contributed by atoms with Gasteiger partial charge >= 0.3 is 0 Å². The van der Waals surface area contributed by atoms with Crippen LogP contribution in [0, 0.1) is 0 Å². The fourth-order valence-electron chi connectivity index (χ4n) is 2.07. The minimum Gasteiger partial charge on any atom is -0.383 e. The van der Waals surface area contributed by atoms with Crippen LogP contribution < -0.4 is 10.6 Å². The number of hydrogen-bond acceptors (Lipinski definition) is 3. The Balaban J connectivity index is 2.72. The summed E-state index contributed by atoms with van der Waals surface area (Å²) in [6.45, 7) is 9.57. The molecule has 0 aliphatic rings. The Morgan fingerprint density at radius 2 is 1.95 bits per heavy atom. The van der Waals surface area contributed by atoms with Gasteiger partial charge in [0.2, 0.25) is 0 Å². The molecule has 0 fully saturated rings. The smallest absolute Gasteiger partial charge is 0.191 e. The Bertz CT molecular complexity index is 449. The quantitative estimate of drug-likeness (QED) is 0.543. The zero-order chi connectivity index (χ0) is 16.2. The third-order valence-corrected chi connectivity index (χ3v) is 3.13. The second kappa shape index (κ2) is 11.0. The predicted octanol–water partition coefficient (Wildman–Crippen LogP) is 2.31. The van der Waals surface area contributed by atoms with Gasteiger partial charge in [-0.2, -0.15) is 0 Å². The van der Waals surface area contributed by atoms with Crippen molar-refractivity contribution in [2.75, 3.05) is 26.9 Å². The van der Waals surface area contributed by atoms with E-state index in [1.165, 1.54) is 11.1 Å². The minimum absolute atomic E-state index is 0.210. The largest absolute Gasteiger partial charge is 0.383 e. The van der Waals surface area contributed by atoms with E-state index in [0.717, 1.165) is 19.1 Å². The summed E-state index contributed by atoms with van der Waals surface area (Å²) in [5.41, 5.74) is 2.38. The summed E-state index contributed by atoms with van der Waals surface area (Å²) in [6.07, 6.45) is 0. The van der Waals surface area contributed by atoms with Crippen LogP contribution in [-0.2, 0) is 22.6 Å². The van der Waals surface area contributed by atoms with Crippen molar-refractivity contribution in [3.8, 4) is 0 Å². The van der Waals surface area contributed by atoms with E-state index in [0.29, 0.717) is 19.8 Å². The van der Waals surface area contributed by atoms with Crippen LogP contribution in [0.3, 0.4) is 0 Å². The highest BCUT2D eigenvalue weighted by Crippen LogP contribution is 2.11. The molecule has 0 aromatic heterocycles. The second-order valence-electron chi connectivity index (χ2n) is 5.10. The topological polar surface area (TPSA) is 54.9 Å². The zero-order valence-electron chi connectivity index (χ0n) is 14.2. The van der Waals surface area contributed by atoms with Crippen molar-refractivity contribution >= 4 is 5.96 Å². The third-order valence-electron chi connectivity index (χ3n) is 3.13. The first-order chi connectivity index (χ1) is 10.7. The van der Waals surface area contributed by atoms with Crippen LogP contribution in [0.1, 0.15) is 31.9 Å². The fraction of sp³-hybridized carbons (Fsp3) is 0.588. The van der Waals surface area contributed by atoms with Gasteiger partial charge in [-0.15, -0.1) is 0 Å². The number of aliphatic imine (C=N–C) groups is 1. The van der Waals surface area contributed by atoms with Crippen LogP contribution in [0.15, 0.2) is 29.3 Å². The van der Waals surface area contributed by atoms with E-state index >= 15 is 0 Å². The first-order valence-corrected chi connectivity index (χ1v) is 7.89. The standard InChI is InChI=1S/C17H29N3O2/c1-5-18-17(20-14(3)12-21-4)19-11-15-9-7-8-10-16(15)13-22-6-2/h7-10,14H,5-6,11-13H2,1-4H3,(H2,18,19,20). The highest BCUT2D eigenvalue weighted by molar-refractivity contribution is 5.80. The predicted molar refractivity (Wildman–Crippen MR) is 91.1 cm³/mol. The monoisotopic (exact) mass is 307 g/mol. The molecular weight excluding hydrogens is 278 g/mol. The number of benzene rings is 1. The normalized spacial score (nSPS) is 13.0. The molecule has 1 rings (SSSR count). The molecule has 1 atom stereocenters. The average molecular weight is 307 g/mol. The molecule has 0 bridgehead atoms. The lowest BCUT2D eigenvalue weighted by molar-refractivity contribution is 0.133. The SMILES string of the molecule is CCNC(=NCc1ccccc1COCC)NC(C)COC. The van der Waals surface area contributed by atoms with Crippen molar-refractivity contribution in [2.24, 2.45) is 4.99 Å². The molecule has 0 aliphatic carbocycles.